The highest BCUT2D eigenvalue weighted by Gasteiger charge is 2.31. The standard InChI is InChI=1S/C21H18ClF2NO3S/c1-14(15-4-3-5-18(12-15)28-2)25(17-8-6-16(23)7-9-17)29(26,27)19-10-11-21(24)20(22)13-19/h3-14H,1-2H3/t14-/m0/s1. The van der Waals surface area contributed by atoms with Crippen LogP contribution in [0.2, 0.25) is 5.02 Å². The molecule has 0 aromatic heterocycles. The van der Waals surface area contributed by atoms with E-state index in [0.29, 0.717) is 11.3 Å². The lowest BCUT2D eigenvalue weighted by Crippen LogP contribution is -2.33. The lowest BCUT2D eigenvalue weighted by molar-refractivity contribution is 0.414. The van der Waals surface area contributed by atoms with E-state index in [2.05, 4.69) is 0 Å². The Balaban J connectivity index is 2.16. The second-order valence-corrected chi connectivity index (χ2v) is 8.53. The van der Waals surface area contributed by atoms with Gasteiger partial charge in [-0.3, -0.25) is 4.31 Å². The summed E-state index contributed by atoms with van der Waals surface area (Å²) in [5.74, 6) is -0.652. The third-order valence-corrected chi connectivity index (χ3v) is 6.64. The Morgan fingerprint density at radius 1 is 1.00 bits per heavy atom. The molecule has 152 valence electrons. The number of sulfonamides is 1. The Kier molecular flexibility index (Phi) is 6.10. The van der Waals surface area contributed by atoms with Gasteiger partial charge in [0.05, 0.1) is 28.8 Å². The van der Waals surface area contributed by atoms with Gasteiger partial charge >= 0.3 is 0 Å². The van der Waals surface area contributed by atoms with Crippen LogP contribution in [0.3, 0.4) is 0 Å². The number of methoxy groups -OCH3 is 1. The Labute approximate surface area is 173 Å². The van der Waals surface area contributed by atoms with Gasteiger partial charge in [0.2, 0.25) is 0 Å². The summed E-state index contributed by atoms with van der Waals surface area (Å²) in [6.45, 7) is 1.70. The van der Waals surface area contributed by atoms with Gasteiger partial charge in [0.25, 0.3) is 10.0 Å². The van der Waals surface area contributed by atoms with E-state index >= 15 is 0 Å². The summed E-state index contributed by atoms with van der Waals surface area (Å²) in [4.78, 5) is -0.178. The number of hydrogen-bond acceptors (Lipinski definition) is 3. The van der Waals surface area contributed by atoms with Crippen molar-refractivity contribution in [1.29, 1.82) is 0 Å². The highest BCUT2D eigenvalue weighted by Crippen LogP contribution is 2.35. The molecule has 4 nitrogen and oxygen atoms in total. The predicted molar refractivity (Wildman–Crippen MR) is 109 cm³/mol. The van der Waals surface area contributed by atoms with Gasteiger partial charge in [-0.1, -0.05) is 23.7 Å². The molecule has 3 rings (SSSR count). The first-order valence-electron chi connectivity index (χ1n) is 8.63. The molecule has 0 spiro atoms. The number of hydrogen-bond donors (Lipinski definition) is 0. The van der Waals surface area contributed by atoms with Crippen molar-refractivity contribution in [3.8, 4) is 5.75 Å². The molecule has 8 heteroatoms. The zero-order valence-electron chi connectivity index (χ0n) is 15.6. The van der Waals surface area contributed by atoms with Gasteiger partial charge in [-0.05, 0) is 67.1 Å². The Hall–Kier alpha value is -2.64. The third kappa shape index (κ3) is 4.36. The molecule has 29 heavy (non-hydrogen) atoms. The summed E-state index contributed by atoms with van der Waals surface area (Å²) in [6, 6.07) is 14.6. The van der Waals surface area contributed by atoms with E-state index < -0.39 is 27.7 Å². The van der Waals surface area contributed by atoms with Crippen LogP contribution in [0.25, 0.3) is 0 Å². The molecular weight excluding hydrogens is 420 g/mol. The first kappa shape index (κ1) is 21.1. The molecule has 0 heterocycles. The number of benzene rings is 3. The number of ether oxygens (including phenoxy) is 1. The number of rotatable bonds is 6. The molecule has 0 bridgehead atoms. The maximum absolute atomic E-state index is 13.6. The molecule has 0 saturated carbocycles. The Bertz CT molecular complexity index is 1120. The van der Waals surface area contributed by atoms with Gasteiger partial charge in [-0.15, -0.1) is 0 Å². The van der Waals surface area contributed by atoms with E-state index in [-0.39, 0.29) is 15.6 Å². The van der Waals surface area contributed by atoms with Crippen LogP contribution < -0.4 is 9.04 Å². The van der Waals surface area contributed by atoms with Crippen molar-refractivity contribution in [1.82, 2.24) is 0 Å². The molecule has 0 radical (unpaired) electrons. The molecule has 1 atom stereocenters. The van der Waals surface area contributed by atoms with Gasteiger partial charge in [-0.2, -0.15) is 0 Å². The van der Waals surface area contributed by atoms with Crippen LogP contribution in [-0.2, 0) is 10.0 Å². The molecule has 3 aromatic rings. The van der Waals surface area contributed by atoms with Crippen molar-refractivity contribution in [2.24, 2.45) is 0 Å². The number of anilines is 1. The summed E-state index contributed by atoms with van der Waals surface area (Å²) < 4.78 is 60.3. The van der Waals surface area contributed by atoms with E-state index in [9.17, 15) is 17.2 Å². The molecule has 0 fully saturated rings. The molecule has 0 aliphatic heterocycles. The first-order chi connectivity index (χ1) is 13.7. The number of halogens is 3. The largest absolute Gasteiger partial charge is 0.497 e. The third-order valence-electron chi connectivity index (χ3n) is 4.46. The van der Waals surface area contributed by atoms with Gasteiger partial charge < -0.3 is 4.74 Å². The van der Waals surface area contributed by atoms with Gasteiger partial charge in [0, 0.05) is 0 Å². The molecule has 0 saturated heterocycles. The molecule has 0 N–H and O–H groups in total. The average Bonchev–Trinajstić information content (AvgIpc) is 2.71. The van der Waals surface area contributed by atoms with Crippen LogP contribution in [0.1, 0.15) is 18.5 Å². The highest BCUT2D eigenvalue weighted by molar-refractivity contribution is 7.92. The second-order valence-electron chi connectivity index (χ2n) is 6.31. The zero-order valence-corrected chi connectivity index (χ0v) is 17.2. The van der Waals surface area contributed by atoms with Crippen LogP contribution >= 0.6 is 11.6 Å². The van der Waals surface area contributed by atoms with Crippen molar-refractivity contribution in [2.45, 2.75) is 17.9 Å². The molecule has 0 aliphatic rings. The summed E-state index contributed by atoms with van der Waals surface area (Å²) in [7, 11) is -2.64. The molecule has 3 aromatic carbocycles. The average molecular weight is 438 g/mol. The van der Waals surface area contributed by atoms with E-state index in [4.69, 9.17) is 16.3 Å². The zero-order chi connectivity index (χ0) is 21.2. The summed E-state index contributed by atoms with van der Waals surface area (Å²) in [6.07, 6.45) is 0. The summed E-state index contributed by atoms with van der Waals surface area (Å²) >= 11 is 5.80. The van der Waals surface area contributed by atoms with Crippen LogP contribution in [0.5, 0.6) is 5.75 Å². The minimum Gasteiger partial charge on any atom is -0.497 e. The second kappa shape index (κ2) is 8.39. The molecule has 0 aliphatic carbocycles. The molecule has 0 amide bonds. The van der Waals surface area contributed by atoms with Gasteiger partial charge in [0.15, 0.2) is 0 Å². The normalized spacial score (nSPS) is 12.4. The fourth-order valence-corrected chi connectivity index (χ4v) is 4.86. The van der Waals surface area contributed by atoms with E-state index in [1.807, 2.05) is 0 Å². The van der Waals surface area contributed by atoms with E-state index in [1.165, 1.54) is 31.4 Å². The Morgan fingerprint density at radius 2 is 1.69 bits per heavy atom. The maximum atomic E-state index is 13.6. The van der Waals surface area contributed by atoms with E-state index in [1.54, 1.807) is 31.2 Å². The highest BCUT2D eigenvalue weighted by atomic mass is 35.5. The van der Waals surface area contributed by atoms with Crippen LogP contribution in [0.15, 0.2) is 71.6 Å². The van der Waals surface area contributed by atoms with Gasteiger partial charge in [0.1, 0.15) is 17.4 Å². The summed E-state index contributed by atoms with van der Waals surface area (Å²) in [5, 5.41) is -0.306. The maximum Gasteiger partial charge on any atom is 0.264 e. The van der Waals surface area contributed by atoms with E-state index in [0.717, 1.165) is 22.5 Å². The smallest absolute Gasteiger partial charge is 0.264 e. The van der Waals surface area contributed by atoms with Gasteiger partial charge in [-0.25, -0.2) is 17.2 Å². The van der Waals surface area contributed by atoms with Crippen LogP contribution in [0.4, 0.5) is 14.5 Å². The lowest BCUT2D eigenvalue weighted by Gasteiger charge is -2.31. The van der Waals surface area contributed by atoms with Crippen LogP contribution in [0, 0.1) is 11.6 Å². The molecular formula is C21H18ClF2NO3S. The summed E-state index contributed by atoms with van der Waals surface area (Å²) in [5.41, 5.74) is 0.910. The van der Waals surface area contributed by atoms with Crippen molar-refractivity contribution in [3.05, 3.63) is 89.0 Å². The molecule has 0 unspecified atom stereocenters. The topological polar surface area (TPSA) is 46.6 Å². The first-order valence-corrected chi connectivity index (χ1v) is 10.4. The fourth-order valence-electron chi connectivity index (χ4n) is 2.95. The minimum absolute atomic E-state index is 0.178. The van der Waals surface area contributed by atoms with Crippen molar-refractivity contribution in [3.63, 3.8) is 0 Å². The van der Waals surface area contributed by atoms with Crippen LogP contribution in [-0.4, -0.2) is 15.5 Å². The monoisotopic (exact) mass is 437 g/mol. The Morgan fingerprint density at radius 3 is 2.31 bits per heavy atom. The minimum atomic E-state index is -4.15. The fraction of sp³-hybridized carbons (Fsp3) is 0.143. The quantitative estimate of drug-likeness (QED) is 0.505. The lowest BCUT2D eigenvalue weighted by atomic mass is 10.1. The predicted octanol–water partition coefficient (Wildman–Crippen LogP) is 5.58. The van der Waals surface area contributed by atoms with Crippen molar-refractivity contribution in [2.75, 3.05) is 11.4 Å². The van der Waals surface area contributed by atoms with Crippen molar-refractivity contribution >= 4 is 27.3 Å². The van der Waals surface area contributed by atoms with Crippen molar-refractivity contribution < 1.29 is 21.9 Å². The number of nitrogens with zero attached hydrogens (tertiary/aromatic N) is 1. The SMILES string of the molecule is COc1cccc([C@H](C)N(c2ccc(F)cc2)S(=O)(=O)c2ccc(F)c(Cl)c2)c1.